The van der Waals surface area contributed by atoms with E-state index in [1.54, 1.807) is 24.1 Å². The van der Waals surface area contributed by atoms with Gasteiger partial charge < -0.3 is 15.4 Å². The summed E-state index contributed by atoms with van der Waals surface area (Å²) in [4.78, 5) is 28.7. The van der Waals surface area contributed by atoms with E-state index < -0.39 is 11.2 Å². The van der Waals surface area contributed by atoms with Gasteiger partial charge in [-0.25, -0.2) is 9.18 Å². The van der Waals surface area contributed by atoms with E-state index in [9.17, 15) is 14.0 Å². The van der Waals surface area contributed by atoms with Crippen molar-refractivity contribution < 1.29 is 9.13 Å². The topological polar surface area (TPSA) is 93.3 Å². The largest absolute Gasteiger partial charge is 0.383 e. The fraction of sp³-hybridized carbons (Fsp3) is 0.444. The molecule has 1 aromatic carbocycles. The molecular formula is C18H24BrFN4O3. The minimum atomic E-state index is -0.553. The third-order valence-electron chi connectivity index (χ3n) is 4.19. The number of anilines is 2. The van der Waals surface area contributed by atoms with E-state index in [4.69, 9.17) is 10.5 Å². The molecule has 0 saturated heterocycles. The van der Waals surface area contributed by atoms with Gasteiger partial charge in [0.25, 0.3) is 5.56 Å². The predicted molar refractivity (Wildman–Crippen MR) is 108 cm³/mol. The van der Waals surface area contributed by atoms with Gasteiger partial charge in [0, 0.05) is 26.7 Å². The molecular weight excluding hydrogens is 419 g/mol. The second-order valence-electron chi connectivity index (χ2n) is 6.16. The summed E-state index contributed by atoms with van der Waals surface area (Å²) in [7, 11) is 1.56. The van der Waals surface area contributed by atoms with Gasteiger partial charge in [-0.1, -0.05) is 19.4 Å². The monoisotopic (exact) mass is 442 g/mol. The summed E-state index contributed by atoms with van der Waals surface area (Å²) < 4.78 is 20.4. The smallest absolute Gasteiger partial charge is 0.330 e. The fourth-order valence-corrected chi connectivity index (χ4v) is 3.18. The molecule has 3 N–H and O–H groups in total. The van der Waals surface area contributed by atoms with Crippen molar-refractivity contribution >= 4 is 27.4 Å². The number of benzene rings is 1. The molecule has 7 nitrogen and oxygen atoms in total. The average Bonchev–Trinajstić information content (AvgIpc) is 2.62. The second kappa shape index (κ2) is 9.70. The van der Waals surface area contributed by atoms with Crippen molar-refractivity contribution in [1.29, 1.82) is 0 Å². The SMILES string of the molecule is CCCCn1c(N)c(N(CCOC)Cc2ccc(F)c(Br)c2)c(=O)[nH]c1=O. The highest BCUT2D eigenvalue weighted by atomic mass is 79.9. The molecule has 2 aromatic rings. The van der Waals surface area contributed by atoms with Crippen LogP contribution in [0.3, 0.4) is 0 Å². The van der Waals surface area contributed by atoms with Crippen molar-refractivity contribution in [2.75, 3.05) is 30.9 Å². The Bertz CT molecular complexity index is 897. The molecule has 0 saturated carbocycles. The molecule has 27 heavy (non-hydrogen) atoms. The van der Waals surface area contributed by atoms with E-state index in [2.05, 4.69) is 20.9 Å². The zero-order chi connectivity index (χ0) is 20.0. The number of ether oxygens (including phenoxy) is 1. The zero-order valence-corrected chi connectivity index (χ0v) is 17.0. The Morgan fingerprint density at radius 1 is 1.37 bits per heavy atom. The molecule has 0 atom stereocenters. The molecule has 0 fully saturated rings. The van der Waals surface area contributed by atoms with Crippen LogP contribution in [0, 0.1) is 5.82 Å². The third kappa shape index (κ3) is 5.20. The Balaban J connectivity index is 2.47. The highest BCUT2D eigenvalue weighted by Gasteiger charge is 2.19. The van der Waals surface area contributed by atoms with E-state index in [1.807, 2.05) is 6.92 Å². The number of unbranched alkanes of at least 4 members (excludes halogenated alkanes) is 1. The van der Waals surface area contributed by atoms with Gasteiger partial charge >= 0.3 is 5.69 Å². The van der Waals surface area contributed by atoms with Crippen LogP contribution in [0.4, 0.5) is 15.9 Å². The second-order valence-corrected chi connectivity index (χ2v) is 7.02. The van der Waals surface area contributed by atoms with Crippen molar-refractivity contribution in [2.45, 2.75) is 32.9 Å². The van der Waals surface area contributed by atoms with Crippen molar-refractivity contribution in [3.05, 3.63) is 54.9 Å². The van der Waals surface area contributed by atoms with Gasteiger partial charge in [-0.3, -0.25) is 14.3 Å². The van der Waals surface area contributed by atoms with Gasteiger partial charge in [0.2, 0.25) is 0 Å². The van der Waals surface area contributed by atoms with Crippen LogP contribution >= 0.6 is 15.9 Å². The van der Waals surface area contributed by atoms with Crippen LogP contribution < -0.4 is 21.9 Å². The minimum Gasteiger partial charge on any atom is -0.383 e. The average molecular weight is 443 g/mol. The third-order valence-corrected chi connectivity index (χ3v) is 4.80. The lowest BCUT2D eigenvalue weighted by Gasteiger charge is -2.26. The van der Waals surface area contributed by atoms with Gasteiger partial charge in [0.05, 0.1) is 11.1 Å². The van der Waals surface area contributed by atoms with Gasteiger partial charge in [0.1, 0.15) is 17.3 Å². The lowest BCUT2D eigenvalue weighted by molar-refractivity contribution is 0.205. The number of nitrogens with zero attached hydrogens (tertiary/aromatic N) is 2. The van der Waals surface area contributed by atoms with Crippen LogP contribution in [-0.2, 0) is 17.8 Å². The number of halogens is 2. The Kier molecular flexibility index (Phi) is 7.61. The molecule has 148 valence electrons. The molecule has 1 heterocycles. The van der Waals surface area contributed by atoms with E-state index >= 15 is 0 Å². The molecule has 0 aliphatic rings. The van der Waals surface area contributed by atoms with Gasteiger partial charge in [-0.15, -0.1) is 0 Å². The number of H-pyrrole nitrogens is 1. The number of aromatic amines is 1. The van der Waals surface area contributed by atoms with Crippen molar-refractivity contribution in [1.82, 2.24) is 9.55 Å². The van der Waals surface area contributed by atoms with E-state index in [0.717, 1.165) is 18.4 Å². The van der Waals surface area contributed by atoms with Gasteiger partial charge in [-0.2, -0.15) is 0 Å². The van der Waals surface area contributed by atoms with Crippen LogP contribution in [0.2, 0.25) is 0 Å². The van der Waals surface area contributed by atoms with Crippen molar-refractivity contribution in [2.24, 2.45) is 0 Å². The number of methoxy groups -OCH3 is 1. The van der Waals surface area contributed by atoms with Crippen LogP contribution in [0.1, 0.15) is 25.3 Å². The summed E-state index contributed by atoms with van der Waals surface area (Å²) >= 11 is 3.17. The molecule has 0 bridgehead atoms. The number of nitrogens with one attached hydrogen (secondary N) is 1. The summed E-state index contributed by atoms with van der Waals surface area (Å²) in [5, 5.41) is 0. The molecule has 0 unspecified atom stereocenters. The highest BCUT2D eigenvalue weighted by Crippen LogP contribution is 2.22. The summed E-state index contributed by atoms with van der Waals surface area (Å²) in [6.45, 7) is 3.47. The first-order valence-electron chi connectivity index (χ1n) is 8.69. The molecule has 0 aliphatic heterocycles. The summed E-state index contributed by atoms with van der Waals surface area (Å²) in [5.41, 5.74) is 6.12. The van der Waals surface area contributed by atoms with Crippen LogP contribution in [0.25, 0.3) is 0 Å². The lowest BCUT2D eigenvalue weighted by Crippen LogP contribution is -2.39. The molecule has 0 aliphatic carbocycles. The predicted octanol–water partition coefficient (Wildman–Crippen LogP) is 2.47. The maximum absolute atomic E-state index is 13.5. The number of hydrogen-bond donors (Lipinski definition) is 2. The van der Waals surface area contributed by atoms with E-state index in [1.165, 1.54) is 10.6 Å². The summed E-state index contributed by atoms with van der Waals surface area (Å²) in [5.74, 6) is -0.248. The van der Waals surface area contributed by atoms with Gasteiger partial charge in [0.15, 0.2) is 0 Å². The molecule has 2 rings (SSSR count). The first-order chi connectivity index (χ1) is 12.9. The first-order valence-corrected chi connectivity index (χ1v) is 9.48. The number of rotatable bonds is 9. The molecule has 0 spiro atoms. The van der Waals surface area contributed by atoms with E-state index in [0.29, 0.717) is 30.7 Å². The number of nitrogens with two attached hydrogens (primary N) is 1. The Hall–Kier alpha value is -2.13. The number of aromatic nitrogens is 2. The molecule has 0 radical (unpaired) electrons. The normalized spacial score (nSPS) is 11.0. The van der Waals surface area contributed by atoms with Crippen molar-refractivity contribution in [3.8, 4) is 0 Å². The highest BCUT2D eigenvalue weighted by molar-refractivity contribution is 9.10. The standard InChI is InChI=1S/C18H24BrFN4O3/c1-3-4-7-24-16(21)15(17(25)22-18(24)26)23(8-9-27-2)11-12-5-6-14(20)13(19)10-12/h5-6,10H,3-4,7-9,11,21H2,1-2H3,(H,22,25,26). The molecule has 9 heteroatoms. The first kappa shape index (κ1) is 21.2. The Morgan fingerprint density at radius 2 is 2.11 bits per heavy atom. The fourth-order valence-electron chi connectivity index (χ4n) is 2.75. The van der Waals surface area contributed by atoms with Crippen molar-refractivity contribution in [3.63, 3.8) is 0 Å². The van der Waals surface area contributed by atoms with E-state index in [-0.39, 0.29) is 17.3 Å². The van der Waals surface area contributed by atoms with Crippen LogP contribution in [-0.4, -0.2) is 29.8 Å². The quantitative estimate of drug-likeness (QED) is 0.621. The lowest BCUT2D eigenvalue weighted by atomic mass is 10.2. The van der Waals surface area contributed by atoms with Crippen LogP contribution in [0.5, 0.6) is 0 Å². The maximum Gasteiger partial charge on any atom is 0.330 e. The zero-order valence-electron chi connectivity index (χ0n) is 15.4. The summed E-state index contributed by atoms with van der Waals surface area (Å²) in [6.07, 6.45) is 1.65. The number of nitrogen functional groups attached to an aromatic ring is 1. The maximum atomic E-state index is 13.5. The Morgan fingerprint density at radius 3 is 2.74 bits per heavy atom. The van der Waals surface area contributed by atoms with Gasteiger partial charge in [-0.05, 0) is 40.0 Å². The number of hydrogen-bond acceptors (Lipinski definition) is 5. The Labute approximate surface area is 165 Å². The molecule has 0 amide bonds. The molecule has 1 aromatic heterocycles. The summed E-state index contributed by atoms with van der Waals surface area (Å²) in [6, 6.07) is 4.63. The van der Waals surface area contributed by atoms with Crippen LogP contribution in [0.15, 0.2) is 32.3 Å². The minimum absolute atomic E-state index is 0.120.